The number of hydrogen-bond donors (Lipinski definition) is 1. The molecule has 0 aromatic heterocycles. The van der Waals surface area contributed by atoms with Crippen LogP contribution < -0.4 is 4.72 Å². The van der Waals surface area contributed by atoms with Gasteiger partial charge in [-0.25, -0.2) is 13.2 Å². The molecule has 0 atom stereocenters. The molecule has 0 unspecified atom stereocenters. The third-order valence-corrected chi connectivity index (χ3v) is 6.53. The highest BCUT2D eigenvalue weighted by molar-refractivity contribution is 7.92. The van der Waals surface area contributed by atoms with E-state index in [9.17, 15) is 18.0 Å². The zero-order valence-corrected chi connectivity index (χ0v) is 19.1. The summed E-state index contributed by atoms with van der Waals surface area (Å²) in [4.78, 5) is 26.5. The van der Waals surface area contributed by atoms with Crippen LogP contribution in [0.25, 0.3) is 0 Å². The van der Waals surface area contributed by atoms with Crippen LogP contribution in [-0.2, 0) is 19.5 Å². The second kappa shape index (κ2) is 10.6. The molecule has 0 aliphatic carbocycles. The number of morpholine rings is 1. The summed E-state index contributed by atoms with van der Waals surface area (Å²) >= 11 is 0. The van der Waals surface area contributed by atoms with Crippen LogP contribution in [-0.4, -0.2) is 58.1 Å². The Bertz CT molecular complexity index is 1060. The van der Waals surface area contributed by atoms with E-state index in [1.54, 1.807) is 17.9 Å². The normalized spacial score (nSPS) is 14.1. The summed E-state index contributed by atoms with van der Waals surface area (Å²) in [7, 11) is -3.93. The molecule has 0 radical (unpaired) electrons. The third kappa shape index (κ3) is 5.86. The summed E-state index contributed by atoms with van der Waals surface area (Å²) in [5, 5.41) is 0. The summed E-state index contributed by atoms with van der Waals surface area (Å²) in [6.45, 7) is 6.00. The van der Waals surface area contributed by atoms with Crippen molar-refractivity contribution >= 4 is 27.6 Å². The zero-order chi connectivity index (χ0) is 23.1. The molecule has 1 aliphatic rings. The third-order valence-electron chi connectivity index (χ3n) is 5.15. The Morgan fingerprint density at radius 3 is 2.44 bits per heavy atom. The van der Waals surface area contributed by atoms with Crippen molar-refractivity contribution in [2.24, 2.45) is 0 Å². The number of amides is 1. The number of carbonyl (C=O) groups excluding carboxylic acids is 2. The molecule has 2 aromatic carbocycles. The van der Waals surface area contributed by atoms with Crippen LogP contribution in [0.15, 0.2) is 47.4 Å². The number of nitrogens with one attached hydrogen (secondary N) is 1. The van der Waals surface area contributed by atoms with Gasteiger partial charge >= 0.3 is 5.97 Å². The summed E-state index contributed by atoms with van der Waals surface area (Å²) in [5.74, 6) is -0.661. The van der Waals surface area contributed by atoms with Gasteiger partial charge in [-0.2, -0.15) is 0 Å². The number of rotatable bonds is 8. The maximum Gasteiger partial charge on any atom is 0.338 e. The van der Waals surface area contributed by atoms with Crippen molar-refractivity contribution < 1.29 is 27.5 Å². The fourth-order valence-corrected chi connectivity index (χ4v) is 4.30. The fraction of sp³-hybridized carbons (Fsp3) is 0.391. The predicted molar refractivity (Wildman–Crippen MR) is 120 cm³/mol. The summed E-state index contributed by atoms with van der Waals surface area (Å²) in [6.07, 6.45) is 1.71. The minimum absolute atomic E-state index is 0.0113. The van der Waals surface area contributed by atoms with E-state index in [0.717, 1.165) is 12.8 Å². The average Bonchev–Trinajstić information content (AvgIpc) is 2.79. The molecule has 1 N–H and O–H groups in total. The van der Waals surface area contributed by atoms with E-state index in [2.05, 4.69) is 4.72 Å². The van der Waals surface area contributed by atoms with Crippen LogP contribution in [0.2, 0.25) is 0 Å². The number of unbranched alkanes of at least 4 members (excludes halogenated alkanes) is 1. The lowest BCUT2D eigenvalue weighted by atomic mass is 10.1. The SMILES string of the molecule is CCCCOC(=O)c1ccc(NS(=O)(=O)c2ccc(C)c(C(=O)N3CCOCC3)c2)cc1. The number of sulfonamides is 1. The lowest BCUT2D eigenvalue weighted by Gasteiger charge is -2.27. The van der Waals surface area contributed by atoms with Crippen molar-refractivity contribution in [3.05, 3.63) is 59.2 Å². The molecule has 9 heteroatoms. The molecule has 172 valence electrons. The molecule has 3 rings (SSSR count). The molecule has 0 spiro atoms. The standard InChI is InChI=1S/C23H28N2O6S/c1-3-4-13-31-23(27)18-6-8-19(9-7-18)24-32(28,29)20-10-5-17(2)21(16-20)22(26)25-11-14-30-15-12-25/h5-10,16,24H,3-4,11-15H2,1-2H3. The van der Waals surface area contributed by atoms with Crippen molar-refractivity contribution in [1.29, 1.82) is 0 Å². The zero-order valence-electron chi connectivity index (χ0n) is 18.3. The highest BCUT2D eigenvalue weighted by atomic mass is 32.2. The van der Waals surface area contributed by atoms with Gasteiger partial charge < -0.3 is 14.4 Å². The van der Waals surface area contributed by atoms with Crippen LogP contribution in [0.3, 0.4) is 0 Å². The van der Waals surface area contributed by atoms with Crippen LogP contribution in [0.1, 0.15) is 46.0 Å². The second-order valence-corrected chi connectivity index (χ2v) is 9.24. The molecular formula is C23H28N2O6S. The van der Waals surface area contributed by atoms with Crippen molar-refractivity contribution in [3.63, 3.8) is 0 Å². The van der Waals surface area contributed by atoms with E-state index in [1.165, 1.54) is 36.4 Å². The fourth-order valence-electron chi connectivity index (χ4n) is 3.22. The Kier molecular flexibility index (Phi) is 7.87. The van der Waals surface area contributed by atoms with Gasteiger partial charge in [-0.1, -0.05) is 19.4 Å². The molecule has 1 fully saturated rings. The number of anilines is 1. The Labute approximate surface area is 188 Å². The summed E-state index contributed by atoms with van der Waals surface area (Å²) < 4.78 is 38.7. The van der Waals surface area contributed by atoms with Crippen molar-refractivity contribution in [2.75, 3.05) is 37.6 Å². The molecular weight excluding hydrogens is 432 g/mol. The number of carbonyl (C=O) groups is 2. The Morgan fingerprint density at radius 1 is 1.09 bits per heavy atom. The number of ether oxygens (including phenoxy) is 2. The molecule has 1 heterocycles. The van der Waals surface area contributed by atoms with Crippen LogP contribution >= 0.6 is 0 Å². The van der Waals surface area contributed by atoms with Gasteiger partial charge in [0.2, 0.25) is 0 Å². The van der Waals surface area contributed by atoms with Gasteiger partial charge in [0.15, 0.2) is 0 Å². The average molecular weight is 461 g/mol. The number of esters is 1. The molecule has 1 aliphatic heterocycles. The van der Waals surface area contributed by atoms with Gasteiger partial charge in [0.05, 0.1) is 30.3 Å². The van der Waals surface area contributed by atoms with Crippen LogP contribution in [0.5, 0.6) is 0 Å². The highest BCUT2D eigenvalue weighted by Gasteiger charge is 2.23. The van der Waals surface area contributed by atoms with Gasteiger partial charge in [0, 0.05) is 24.3 Å². The maximum absolute atomic E-state index is 12.9. The van der Waals surface area contributed by atoms with Crippen molar-refractivity contribution in [2.45, 2.75) is 31.6 Å². The van der Waals surface area contributed by atoms with Gasteiger partial charge in [-0.15, -0.1) is 0 Å². The Hall–Kier alpha value is -2.91. The largest absolute Gasteiger partial charge is 0.462 e. The first-order valence-electron chi connectivity index (χ1n) is 10.6. The van der Waals surface area contributed by atoms with E-state index in [-0.39, 0.29) is 10.8 Å². The van der Waals surface area contributed by atoms with Crippen molar-refractivity contribution in [1.82, 2.24) is 4.90 Å². The van der Waals surface area contributed by atoms with E-state index in [1.807, 2.05) is 6.92 Å². The lowest BCUT2D eigenvalue weighted by molar-refractivity contribution is 0.0302. The van der Waals surface area contributed by atoms with Gasteiger partial charge in [-0.3, -0.25) is 9.52 Å². The molecule has 8 nitrogen and oxygen atoms in total. The van der Waals surface area contributed by atoms with Gasteiger partial charge in [0.25, 0.3) is 15.9 Å². The monoisotopic (exact) mass is 460 g/mol. The number of hydrogen-bond acceptors (Lipinski definition) is 6. The molecule has 1 saturated heterocycles. The van der Waals surface area contributed by atoms with Crippen LogP contribution in [0, 0.1) is 6.92 Å². The first kappa shape index (κ1) is 23.7. The minimum Gasteiger partial charge on any atom is -0.462 e. The quantitative estimate of drug-likeness (QED) is 0.479. The molecule has 1 amide bonds. The van der Waals surface area contributed by atoms with Gasteiger partial charge in [-0.05, 0) is 55.3 Å². The van der Waals surface area contributed by atoms with E-state index in [4.69, 9.17) is 9.47 Å². The highest BCUT2D eigenvalue weighted by Crippen LogP contribution is 2.21. The lowest BCUT2D eigenvalue weighted by Crippen LogP contribution is -2.41. The predicted octanol–water partition coefficient (Wildman–Crippen LogP) is 3.23. The first-order valence-corrected chi connectivity index (χ1v) is 12.1. The summed E-state index contributed by atoms with van der Waals surface area (Å²) in [6, 6.07) is 10.5. The van der Waals surface area contributed by atoms with E-state index < -0.39 is 16.0 Å². The topological polar surface area (TPSA) is 102 Å². The number of aryl methyl sites for hydroxylation is 1. The maximum atomic E-state index is 12.9. The van der Waals surface area contributed by atoms with Crippen molar-refractivity contribution in [3.8, 4) is 0 Å². The molecule has 2 aromatic rings. The molecule has 0 saturated carbocycles. The van der Waals surface area contributed by atoms with Crippen LogP contribution in [0.4, 0.5) is 5.69 Å². The second-order valence-electron chi connectivity index (χ2n) is 7.55. The first-order chi connectivity index (χ1) is 15.3. The van der Waals surface area contributed by atoms with Gasteiger partial charge in [0.1, 0.15) is 0 Å². The smallest absolute Gasteiger partial charge is 0.338 e. The Balaban J connectivity index is 1.74. The number of nitrogens with zero attached hydrogens (tertiary/aromatic N) is 1. The number of benzene rings is 2. The summed E-state index contributed by atoms with van der Waals surface area (Å²) in [5.41, 5.74) is 1.70. The Morgan fingerprint density at radius 2 is 1.78 bits per heavy atom. The molecule has 0 bridgehead atoms. The van der Waals surface area contributed by atoms with E-state index in [0.29, 0.717) is 55.3 Å². The minimum atomic E-state index is -3.93. The molecule has 32 heavy (non-hydrogen) atoms. The van der Waals surface area contributed by atoms with E-state index >= 15 is 0 Å².